The zero-order chi connectivity index (χ0) is 23.8. The number of benzene rings is 2. The van der Waals surface area contributed by atoms with E-state index < -0.39 is 12.2 Å². The first kappa shape index (κ1) is 24.1. The van der Waals surface area contributed by atoms with Gasteiger partial charge in [-0.05, 0) is 49.7 Å². The Morgan fingerprint density at radius 1 is 1.12 bits per heavy atom. The fourth-order valence-electron chi connectivity index (χ4n) is 2.93. The lowest BCUT2D eigenvalue weighted by atomic mass is 9.96. The number of anilines is 1. The van der Waals surface area contributed by atoms with Crippen LogP contribution in [0.4, 0.5) is 10.7 Å². The van der Waals surface area contributed by atoms with Gasteiger partial charge in [0.15, 0.2) is 0 Å². The molecule has 1 N–H and O–H groups in total. The van der Waals surface area contributed by atoms with E-state index in [1.54, 1.807) is 68.7 Å². The molecule has 0 saturated carbocycles. The van der Waals surface area contributed by atoms with Gasteiger partial charge in [0, 0.05) is 23.0 Å². The Morgan fingerprint density at radius 3 is 2.58 bits per heavy atom. The Bertz CT molecular complexity index is 1150. The van der Waals surface area contributed by atoms with Crippen LogP contribution < -0.4 is 10.1 Å². The Morgan fingerprint density at radius 2 is 1.88 bits per heavy atom. The zero-order valence-electron chi connectivity index (χ0n) is 17.8. The first-order valence-corrected chi connectivity index (χ1v) is 10.6. The molecule has 1 heterocycles. The molecule has 1 unspecified atom stereocenters. The van der Waals surface area contributed by atoms with Crippen molar-refractivity contribution in [1.29, 1.82) is 5.26 Å². The first-order chi connectivity index (χ1) is 15.9. The van der Waals surface area contributed by atoms with Crippen LogP contribution in [-0.2, 0) is 9.47 Å². The van der Waals surface area contributed by atoms with E-state index in [0.717, 1.165) is 0 Å². The van der Waals surface area contributed by atoms with Gasteiger partial charge in [-0.3, -0.25) is 0 Å². The lowest BCUT2D eigenvalue weighted by Gasteiger charge is -2.24. The van der Waals surface area contributed by atoms with Crippen molar-refractivity contribution in [3.05, 3.63) is 81.6 Å². The molecule has 8 nitrogen and oxygen atoms in total. The largest absolute Gasteiger partial charge is 0.511 e. The molecular formula is C23H20Cl2N4O4. The third-order valence-electron chi connectivity index (χ3n) is 4.31. The lowest BCUT2D eigenvalue weighted by molar-refractivity contribution is -0.00845. The molecule has 0 aliphatic heterocycles. The van der Waals surface area contributed by atoms with E-state index >= 15 is 0 Å². The molecule has 0 aliphatic carbocycles. The second kappa shape index (κ2) is 11.4. The minimum atomic E-state index is -0.849. The van der Waals surface area contributed by atoms with E-state index in [4.69, 9.17) is 37.4 Å². The summed E-state index contributed by atoms with van der Waals surface area (Å²) >= 11 is 12.8. The molecule has 0 spiro atoms. The maximum Gasteiger partial charge on any atom is 0.511 e. The van der Waals surface area contributed by atoms with Gasteiger partial charge in [-0.25, -0.2) is 14.8 Å². The number of nitriles is 1. The summed E-state index contributed by atoms with van der Waals surface area (Å²) in [6.07, 6.45) is 2.00. The maximum atomic E-state index is 11.7. The molecule has 170 valence electrons. The number of rotatable bonds is 8. The van der Waals surface area contributed by atoms with Gasteiger partial charge in [-0.1, -0.05) is 35.3 Å². The average Bonchev–Trinajstić information content (AvgIpc) is 2.79. The fraction of sp³-hybridized carbons (Fsp3) is 0.217. The van der Waals surface area contributed by atoms with E-state index in [-0.39, 0.29) is 17.9 Å². The van der Waals surface area contributed by atoms with Crippen LogP contribution >= 0.6 is 23.2 Å². The summed E-state index contributed by atoms with van der Waals surface area (Å²) in [7, 11) is 0. The van der Waals surface area contributed by atoms with Crippen LogP contribution in [0.2, 0.25) is 10.0 Å². The Kier molecular flexibility index (Phi) is 8.30. The Hall–Kier alpha value is -3.54. The summed E-state index contributed by atoms with van der Waals surface area (Å²) in [6, 6.07) is 13.2. The molecule has 0 fully saturated rings. The van der Waals surface area contributed by atoms with Crippen LogP contribution in [-0.4, -0.2) is 29.0 Å². The number of carbonyl (C=O) groups excluding carboxylic acids is 1. The monoisotopic (exact) mass is 486 g/mol. The second-order valence-corrected chi connectivity index (χ2v) is 7.79. The van der Waals surface area contributed by atoms with Gasteiger partial charge in [0.05, 0.1) is 22.7 Å². The number of aromatic nitrogens is 2. The molecule has 0 radical (unpaired) electrons. The van der Waals surface area contributed by atoms with E-state index in [1.165, 1.54) is 0 Å². The predicted octanol–water partition coefficient (Wildman–Crippen LogP) is 5.75. The van der Waals surface area contributed by atoms with Gasteiger partial charge >= 0.3 is 6.16 Å². The van der Waals surface area contributed by atoms with Crippen molar-refractivity contribution in [2.75, 3.05) is 12.1 Å². The summed E-state index contributed by atoms with van der Waals surface area (Å²) in [6.45, 7) is 3.03. The predicted molar refractivity (Wildman–Crippen MR) is 123 cm³/mol. The SMILES string of the molecule is CC(C)OC(=O)OCOc1ccc(Cl)cc1C(Nc1ncccn1)c1cccc(C#N)c1Cl. The molecule has 10 heteroatoms. The summed E-state index contributed by atoms with van der Waals surface area (Å²) in [5.74, 6) is 0.687. The van der Waals surface area contributed by atoms with Gasteiger partial charge in [0.1, 0.15) is 11.8 Å². The third-order valence-corrected chi connectivity index (χ3v) is 4.96. The smallest absolute Gasteiger partial charge is 0.457 e. The molecule has 2 aromatic carbocycles. The van der Waals surface area contributed by atoms with Gasteiger partial charge in [0.2, 0.25) is 12.7 Å². The van der Waals surface area contributed by atoms with Crippen LogP contribution in [0.25, 0.3) is 0 Å². The summed E-state index contributed by atoms with van der Waals surface area (Å²) in [5.41, 5.74) is 1.45. The second-order valence-electron chi connectivity index (χ2n) is 6.98. The van der Waals surface area contributed by atoms with Crippen LogP contribution in [0, 0.1) is 11.3 Å². The number of nitrogens with one attached hydrogen (secondary N) is 1. The fourth-order valence-corrected chi connectivity index (χ4v) is 3.39. The topological polar surface area (TPSA) is 106 Å². The van der Waals surface area contributed by atoms with Crippen LogP contribution in [0.5, 0.6) is 5.75 Å². The minimum Gasteiger partial charge on any atom is -0.457 e. The number of hydrogen-bond acceptors (Lipinski definition) is 8. The molecule has 0 amide bonds. The molecule has 0 aliphatic rings. The molecule has 3 aromatic rings. The summed E-state index contributed by atoms with van der Waals surface area (Å²) in [4.78, 5) is 20.1. The van der Waals surface area contributed by atoms with Crippen molar-refractivity contribution in [3.63, 3.8) is 0 Å². The normalized spacial score (nSPS) is 11.4. The quantitative estimate of drug-likeness (QED) is 0.316. The first-order valence-electron chi connectivity index (χ1n) is 9.86. The molecule has 1 aromatic heterocycles. The van der Waals surface area contributed by atoms with Crippen molar-refractivity contribution in [3.8, 4) is 11.8 Å². The highest BCUT2D eigenvalue weighted by Gasteiger charge is 2.24. The molecule has 0 bridgehead atoms. The average molecular weight is 487 g/mol. The summed E-state index contributed by atoms with van der Waals surface area (Å²) in [5, 5.41) is 13.3. The number of nitrogens with zero attached hydrogens (tertiary/aromatic N) is 3. The lowest BCUT2D eigenvalue weighted by Crippen LogP contribution is -2.18. The number of carbonyl (C=O) groups is 1. The number of ether oxygens (including phenoxy) is 3. The number of halogens is 2. The van der Waals surface area contributed by atoms with Crippen LogP contribution in [0.1, 0.15) is 36.6 Å². The molecular weight excluding hydrogens is 467 g/mol. The highest BCUT2D eigenvalue weighted by atomic mass is 35.5. The van der Waals surface area contributed by atoms with E-state index in [0.29, 0.717) is 33.4 Å². The minimum absolute atomic E-state index is 0.260. The standard InChI is InChI=1S/C23H20Cl2N4O4/c1-14(2)33-23(30)32-13-31-19-8-7-16(24)11-18(19)21(29-22-27-9-4-10-28-22)17-6-3-5-15(12-26)20(17)25/h3-11,14,21H,13H2,1-2H3,(H,27,28,29). The van der Waals surface area contributed by atoms with E-state index in [2.05, 4.69) is 21.4 Å². The van der Waals surface area contributed by atoms with E-state index in [9.17, 15) is 10.1 Å². The summed E-state index contributed by atoms with van der Waals surface area (Å²) < 4.78 is 15.6. The van der Waals surface area contributed by atoms with Gasteiger partial charge in [0.25, 0.3) is 0 Å². The number of hydrogen-bond donors (Lipinski definition) is 1. The molecule has 0 saturated heterocycles. The molecule has 3 rings (SSSR count). The molecule has 1 atom stereocenters. The van der Waals surface area contributed by atoms with Crippen molar-refractivity contribution in [2.45, 2.75) is 26.0 Å². The van der Waals surface area contributed by atoms with Gasteiger partial charge in [-0.15, -0.1) is 0 Å². The van der Waals surface area contributed by atoms with Crippen LogP contribution in [0.15, 0.2) is 54.9 Å². The Balaban J connectivity index is 1.99. The highest BCUT2D eigenvalue weighted by Crippen LogP contribution is 2.38. The van der Waals surface area contributed by atoms with Gasteiger partial charge < -0.3 is 19.5 Å². The van der Waals surface area contributed by atoms with Gasteiger partial charge in [-0.2, -0.15) is 5.26 Å². The third kappa shape index (κ3) is 6.48. The highest BCUT2D eigenvalue weighted by molar-refractivity contribution is 6.32. The molecule has 33 heavy (non-hydrogen) atoms. The zero-order valence-corrected chi connectivity index (χ0v) is 19.3. The van der Waals surface area contributed by atoms with Crippen LogP contribution in [0.3, 0.4) is 0 Å². The van der Waals surface area contributed by atoms with E-state index in [1.807, 2.05) is 0 Å². The maximum absolute atomic E-state index is 11.7. The van der Waals surface area contributed by atoms with Crippen molar-refractivity contribution in [1.82, 2.24) is 9.97 Å². The van der Waals surface area contributed by atoms with Crippen molar-refractivity contribution >= 4 is 35.3 Å². The van der Waals surface area contributed by atoms with Crippen molar-refractivity contribution < 1.29 is 19.0 Å². The Labute approximate surface area is 201 Å². The van der Waals surface area contributed by atoms with Crippen molar-refractivity contribution in [2.24, 2.45) is 0 Å².